The highest BCUT2D eigenvalue weighted by Crippen LogP contribution is 2.35. The number of hydrogen-bond acceptors (Lipinski definition) is 8. The summed E-state index contributed by atoms with van der Waals surface area (Å²) in [6.07, 6.45) is 8.94. The molecule has 56 heavy (non-hydrogen) atoms. The van der Waals surface area contributed by atoms with Crippen LogP contribution in [0.5, 0.6) is 11.5 Å². The monoisotopic (exact) mass is 774 g/mol. The van der Waals surface area contributed by atoms with Gasteiger partial charge < -0.3 is 25.4 Å². The molecule has 0 atom stereocenters. The topological polar surface area (TPSA) is 151 Å². The van der Waals surface area contributed by atoms with Crippen LogP contribution >= 0.6 is 0 Å². The van der Waals surface area contributed by atoms with Crippen LogP contribution in [0.2, 0.25) is 0 Å². The Hall–Kier alpha value is -5.94. The van der Waals surface area contributed by atoms with E-state index < -0.39 is 16.1 Å². The van der Waals surface area contributed by atoms with Crippen molar-refractivity contribution >= 4 is 49.8 Å². The van der Waals surface area contributed by atoms with Gasteiger partial charge in [0.2, 0.25) is 10.0 Å². The van der Waals surface area contributed by atoms with Crippen molar-refractivity contribution in [3.05, 3.63) is 119 Å². The Labute approximate surface area is 328 Å². The smallest absolute Gasteiger partial charge is 0.323 e. The SMILES string of the molecule is C#Cc1cc(Cc2cc(Oc3ccc(NC(=O)Nc4cc(NS(C)(=O)=O)cc(C(C)(C)C)c4)c4ccccc34)ccn2)cc(C(=O)NCCN2CCOCC2)c1. The lowest BCUT2D eigenvalue weighted by Gasteiger charge is -2.26. The molecule has 1 aliphatic rings. The van der Waals surface area contributed by atoms with Crippen LogP contribution in [0.4, 0.5) is 21.9 Å². The van der Waals surface area contributed by atoms with E-state index in [0.717, 1.165) is 53.5 Å². The highest BCUT2D eigenvalue weighted by molar-refractivity contribution is 7.92. The first-order chi connectivity index (χ1) is 26.7. The van der Waals surface area contributed by atoms with Gasteiger partial charge >= 0.3 is 6.03 Å². The third kappa shape index (κ3) is 10.8. The Morgan fingerprint density at radius 3 is 2.41 bits per heavy atom. The first-order valence-corrected chi connectivity index (χ1v) is 20.2. The summed E-state index contributed by atoms with van der Waals surface area (Å²) in [5, 5.41) is 10.3. The summed E-state index contributed by atoms with van der Waals surface area (Å²) < 4.78 is 38.2. The Morgan fingerprint density at radius 1 is 0.929 bits per heavy atom. The van der Waals surface area contributed by atoms with Gasteiger partial charge in [-0.25, -0.2) is 13.2 Å². The average molecular weight is 775 g/mol. The van der Waals surface area contributed by atoms with E-state index in [-0.39, 0.29) is 11.3 Å². The van der Waals surface area contributed by atoms with Gasteiger partial charge in [0.25, 0.3) is 5.91 Å². The van der Waals surface area contributed by atoms with E-state index in [1.54, 1.807) is 42.6 Å². The lowest BCUT2D eigenvalue weighted by atomic mass is 9.86. The minimum absolute atomic E-state index is 0.185. The number of ether oxygens (including phenoxy) is 2. The third-order valence-corrected chi connectivity index (χ3v) is 9.74. The molecule has 1 saturated heterocycles. The van der Waals surface area contributed by atoms with E-state index in [2.05, 4.69) is 36.5 Å². The number of carbonyl (C=O) groups excluding carboxylic acids is 2. The number of fused-ring (bicyclic) bond motifs is 1. The first kappa shape index (κ1) is 39.7. The van der Waals surface area contributed by atoms with Crippen LogP contribution in [0.25, 0.3) is 10.8 Å². The number of urea groups is 1. The molecular weight excluding hydrogens is 729 g/mol. The van der Waals surface area contributed by atoms with Crippen LogP contribution in [0.15, 0.2) is 91.1 Å². The third-order valence-electron chi connectivity index (χ3n) is 9.13. The first-order valence-electron chi connectivity index (χ1n) is 18.3. The number of hydrogen-bond donors (Lipinski definition) is 4. The van der Waals surface area contributed by atoms with Gasteiger partial charge in [0.1, 0.15) is 11.5 Å². The van der Waals surface area contributed by atoms with E-state index >= 15 is 0 Å². The van der Waals surface area contributed by atoms with Crippen molar-refractivity contribution in [1.82, 2.24) is 15.2 Å². The second kappa shape index (κ2) is 17.2. The Kier molecular flexibility index (Phi) is 12.2. The fourth-order valence-corrected chi connectivity index (χ4v) is 6.92. The van der Waals surface area contributed by atoms with Crippen LogP contribution in [0.1, 0.15) is 53.5 Å². The zero-order valence-electron chi connectivity index (χ0n) is 31.9. The lowest BCUT2D eigenvalue weighted by Crippen LogP contribution is -2.41. The van der Waals surface area contributed by atoms with E-state index in [0.29, 0.717) is 65.9 Å². The average Bonchev–Trinajstić information content (AvgIpc) is 3.15. The number of aromatic nitrogens is 1. The number of nitrogens with one attached hydrogen (secondary N) is 4. The zero-order chi connectivity index (χ0) is 39.9. The van der Waals surface area contributed by atoms with E-state index in [9.17, 15) is 18.0 Å². The van der Waals surface area contributed by atoms with Gasteiger partial charge in [-0.15, -0.1) is 6.42 Å². The summed E-state index contributed by atoms with van der Waals surface area (Å²) in [4.78, 5) is 33.2. The Morgan fingerprint density at radius 2 is 1.68 bits per heavy atom. The molecule has 5 aromatic rings. The van der Waals surface area contributed by atoms with Crippen molar-refractivity contribution in [2.24, 2.45) is 0 Å². The zero-order valence-corrected chi connectivity index (χ0v) is 32.8. The molecule has 0 aliphatic carbocycles. The number of pyridine rings is 1. The summed E-state index contributed by atoms with van der Waals surface area (Å²) in [6.45, 7) is 10.4. The molecule has 13 heteroatoms. The van der Waals surface area contributed by atoms with E-state index in [4.69, 9.17) is 15.9 Å². The van der Waals surface area contributed by atoms with Gasteiger partial charge in [-0.3, -0.25) is 19.4 Å². The van der Waals surface area contributed by atoms with Crippen molar-refractivity contribution in [2.75, 3.05) is 61.0 Å². The van der Waals surface area contributed by atoms with Crippen molar-refractivity contribution in [3.63, 3.8) is 0 Å². The Bertz CT molecular complexity index is 2400. The molecule has 0 radical (unpaired) electrons. The molecule has 290 valence electrons. The molecule has 0 unspecified atom stereocenters. The summed E-state index contributed by atoms with van der Waals surface area (Å²) in [7, 11) is -3.53. The van der Waals surface area contributed by atoms with Gasteiger partial charge in [0.05, 0.1) is 30.8 Å². The van der Waals surface area contributed by atoms with Gasteiger partial charge in [-0.1, -0.05) is 51.0 Å². The standard InChI is InChI=1S/C43H46N6O6S/c1-6-29-21-30(23-31(22-29)41(50)45-15-16-49-17-19-54-20-18-49)24-33-28-36(13-14-44-33)55-40-12-11-39(37-9-7-8-10-38(37)40)47-42(51)46-34-25-32(43(2,3)4)26-35(27-34)48-56(5,52)53/h1,7-14,21-23,25-28,48H,15-20,24H2,2-5H3,(H,45,50)(H2,46,47,51). The van der Waals surface area contributed by atoms with Crippen molar-refractivity contribution in [1.29, 1.82) is 0 Å². The number of morpholine rings is 1. The molecule has 2 heterocycles. The van der Waals surface area contributed by atoms with Crippen LogP contribution in [-0.2, 0) is 26.6 Å². The van der Waals surface area contributed by atoms with Gasteiger partial charge in [0.15, 0.2) is 0 Å². The summed E-state index contributed by atoms with van der Waals surface area (Å²) in [6, 6.07) is 24.8. The minimum Gasteiger partial charge on any atom is -0.457 e. The van der Waals surface area contributed by atoms with Crippen molar-refractivity contribution in [3.8, 4) is 23.8 Å². The van der Waals surface area contributed by atoms with Crippen molar-refractivity contribution < 1.29 is 27.5 Å². The fraction of sp³-hybridized carbons (Fsp3) is 0.279. The molecule has 6 rings (SSSR count). The second-order valence-electron chi connectivity index (χ2n) is 14.7. The molecule has 3 amide bonds. The lowest BCUT2D eigenvalue weighted by molar-refractivity contribution is 0.0383. The number of sulfonamides is 1. The van der Waals surface area contributed by atoms with E-state index in [1.165, 1.54) is 0 Å². The fourth-order valence-electron chi connectivity index (χ4n) is 6.38. The molecule has 0 bridgehead atoms. The van der Waals surface area contributed by atoms with Gasteiger partial charge in [-0.05, 0) is 71.1 Å². The molecule has 0 saturated carbocycles. The molecular formula is C43H46N6O6S. The number of anilines is 3. The second-order valence-corrected chi connectivity index (χ2v) is 16.4. The van der Waals surface area contributed by atoms with Crippen molar-refractivity contribution in [2.45, 2.75) is 32.6 Å². The van der Waals surface area contributed by atoms with Crippen LogP contribution in [0, 0.1) is 12.3 Å². The molecule has 0 spiro atoms. The van der Waals surface area contributed by atoms with Crippen LogP contribution < -0.4 is 25.4 Å². The van der Waals surface area contributed by atoms with Gasteiger partial charge in [-0.2, -0.15) is 0 Å². The number of nitrogens with zero attached hydrogens (tertiary/aromatic N) is 2. The number of rotatable bonds is 12. The highest BCUT2D eigenvalue weighted by atomic mass is 32.2. The van der Waals surface area contributed by atoms with E-state index in [1.807, 2.05) is 69.3 Å². The molecule has 1 fully saturated rings. The number of carbonyl (C=O) groups is 2. The maximum Gasteiger partial charge on any atom is 0.323 e. The normalized spacial score (nSPS) is 13.4. The van der Waals surface area contributed by atoms with Crippen LogP contribution in [0.3, 0.4) is 0 Å². The molecule has 1 aromatic heterocycles. The predicted octanol–water partition coefficient (Wildman–Crippen LogP) is 6.97. The molecule has 4 aromatic carbocycles. The quantitative estimate of drug-likeness (QED) is 0.0993. The number of amides is 3. The summed E-state index contributed by atoms with van der Waals surface area (Å²) >= 11 is 0. The molecule has 12 nitrogen and oxygen atoms in total. The maximum atomic E-state index is 13.3. The Balaban J connectivity index is 1.15. The summed E-state index contributed by atoms with van der Waals surface area (Å²) in [5.41, 5.74) is 4.54. The predicted molar refractivity (Wildman–Crippen MR) is 221 cm³/mol. The van der Waals surface area contributed by atoms with Gasteiger partial charge in [0, 0.05) is 78.1 Å². The summed E-state index contributed by atoms with van der Waals surface area (Å²) in [5.74, 6) is 3.61. The number of terminal acetylenes is 1. The highest BCUT2D eigenvalue weighted by Gasteiger charge is 2.19. The number of benzene rings is 4. The largest absolute Gasteiger partial charge is 0.457 e. The molecule has 1 aliphatic heterocycles. The minimum atomic E-state index is -3.53. The van der Waals surface area contributed by atoms with Crippen LogP contribution in [-0.4, -0.2) is 75.9 Å². The molecule has 4 N–H and O–H groups in total. The maximum absolute atomic E-state index is 13.3.